The summed E-state index contributed by atoms with van der Waals surface area (Å²) in [5.41, 5.74) is 3.22. The van der Waals surface area contributed by atoms with Gasteiger partial charge in [0.15, 0.2) is 0 Å². The standard InChI is InChI=1S/C23H26N2O4S/c1-17-10-12-21(13-11-17)30(28,29)25-22(16-27)23(19-7-3-2-4-8-19)24-20-9-5-6-18(14-20)15-26/h2-14,22-27H,15-16H2,1H3/t22-,23+/m0/s1. The highest BCUT2D eigenvalue weighted by Crippen LogP contribution is 2.25. The summed E-state index contributed by atoms with van der Waals surface area (Å²) in [6, 6.07) is 21.7. The molecule has 0 heterocycles. The molecule has 6 nitrogen and oxygen atoms in total. The highest BCUT2D eigenvalue weighted by molar-refractivity contribution is 7.89. The maximum atomic E-state index is 12.9. The zero-order chi connectivity index (χ0) is 21.6. The van der Waals surface area contributed by atoms with Crippen molar-refractivity contribution in [3.8, 4) is 0 Å². The topological polar surface area (TPSA) is 98.7 Å². The summed E-state index contributed by atoms with van der Waals surface area (Å²) in [5, 5.41) is 22.8. The fraction of sp³-hybridized carbons (Fsp3) is 0.217. The summed E-state index contributed by atoms with van der Waals surface area (Å²) in [4.78, 5) is 0.139. The van der Waals surface area contributed by atoms with Crippen molar-refractivity contribution in [2.45, 2.75) is 30.5 Å². The molecule has 30 heavy (non-hydrogen) atoms. The van der Waals surface area contributed by atoms with Crippen molar-refractivity contribution >= 4 is 15.7 Å². The molecular weight excluding hydrogens is 400 g/mol. The van der Waals surface area contributed by atoms with Crippen molar-refractivity contribution in [2.24, 2.45) is 0 Å². The number of rotatable bonds is 9. The van der Waals surface area contributed by atoms with E-state index in [1.807, 2.05) is 43.3 Å². The molecule has 0 radical (unpaired) electrons. The van der Waals surface area contributed by atoms with Crippen molar-refractivity contribution in [1.29, 1.82) is 0 Å². The third kappa shape index (κ3) is 5.46. The van der Waals surface area contributed by atoms with E-state index in [-0.39, 0.29) is 11.5 Å². The van der Waals surface area contributed by atoms with E-state index in [9.17, 15) is 18.6 Å². The third-order valence-corrected chi connectivity index (χ3v) is 6.33. The molecule has 4 N–H and O–H groups in total. The second kappa shape index (κ2) is 9.86. The minimum Gasteiger partial charge on any atom is -0.395 e. The summed E-state index contributed by atoms with van der Waals surface area (Å²) < 4.78 is 28.5. The van der Waals surface area contributed by atoms with Gasteiger partial charge in [-0.15, -0.1) is 0 Å². The minimum absolute atomic E-state index is 0.102. The zero-order valence-corrected chi connectivity index (χ0v) is 17.5. The Labute approximate surface area is 177 Å². The van der Waals surface area contributed by atoms with Crippen LogP contribution in [0.4, 0.5) is 5.69 Å². The predicted molar refractivity (Wildman–Crippen MR) is 118 cm³/mol. The smallest absolute Gasteiger partial charge is 0.240 e. The molecule has 0 bridgehead atoms. The highest BCUT2D eigenvalue weighted by Gasteiger charge is 2.28. The quantitative estimate of drug-likeness (QED) is 0.422. The largest absolute Gasteiger partial charge is 0.395 e. The SMILES string of the molecule is Cc1ccc(S(=O)(=O)N[C@@H](CO)[C@H](Nc2cccc(CO)c2)c2ccccc2)cc1. The number of aliphatic hydroxyl groups excluding tert-OH is 2. The lowest BCUT2D eigenvalue weighted by Crippen LogP contribution is -2.44. The highest BCUT2D eigenvalue weighted by atomic mass is 32.2. The molecular formula is C23H26N2O4S. The van der Waals surface area contributed by atoms with Crippen molar-refractivity contribution in [3.05, 3.63) is 95.6 Å². The van der Waals surface area contributed by atoms with Gasteiger partial charge in [-0.05, 0) is 42.3 Å². The monoisotopic (exact) mass is 426 g/mol. The summed E-state index contributed by atoms with van der Waals surface area (Å²) >= 11 is 0. The fourth-order valence-electron chi connectivity index (χ4n) is 3.21. The van der Waals surface area contributed by atoms with Crippen molar-refractivity contribution in [2.75, 3.05) is 11.9 Å². The molecule has 3 rings (SSSR count). The van der Waals surface area contributed by atoms with Gasteiger partial charge in [0.05, 0.1) is 30.2 Å². The van der Waals surface area contributed by atoms with Gasteiger partial charge in [0.25, 0.3) is 0 Å². The Morgan fingerprint density at radius 3 is 2.23 bits per heavy atom. The molecule has 3 aromatic rings. The van der Waals surface area contributed by atoms with Gasteiger partial charge >= 0.3 is 0 Å². The molecule has 0 amide bonds. The van der Waals surface area contributed by atoms with Gasteiger partial charge in [0, 0.05) is 5.69 Å². The average molecular weight is 427 g/mol. The van der Waals surface area contributed by atoms with Gasteiger partial charge in [-0.2, -0.15) is 0 Å². The third-order valence-electron chi connectivity index (χ3n) is 4.83. The first-order valence-electron chi connectivity index (χ1n) is 9.64. The number of aliphatic hydroxyl groups is 2. The lowest BCUT2D eigenvalue weighted by atomic mass is 9.99. The van der Waals surface area contributed by atoms with Crippen molar-refractivity contribution < 1.29 is 18.6 Å². The molecule has 3 aromatic carbocycles. The zero-order valence-electron chi connectivity index (χ0n) is 16.7. The van der Waals surface area contributed by atoms with Crippen LogP contribution in [0.3, 0.4) is 0 Å². The number of hydrogen-bond acceptors (Lipinski definition) is 5. The van der Waals surface area contributed by atoms with Gasteiger partial charge in [-0.3, -0.25) is 0 Å². The minimum atomic E-state index is -3.84. The average Bonchev–Trinajstić information content (AvgIpc) is 2.77. The number of hydrogen-bond donors (Lipinski definition) is 4. The predicted octanol–water partition coefficient (Wildman–Crippen LogP) is 2.98. The summed E-state index contributed by atoms with van der Waals surface area (Å²) in [6.07, 6.45) is 0. The molecule has 2 atom stereocenters. The fourth-order valence-corrected chi connectivity index (χ4v) is 4.45. The van der Waals surface area contributed by atoms with Gasteiger partial charge in [0.2, 0.25) is 10.0 Å². The molecule has 7 heteroatoms. The first-order chi connectivity index (χ1) is 14.4. The van der Waals surface area contributed by atoms with Gasteiger partial charge in [-0.1, -0.05) is 60.2 Å². The van der Waals surface area contributed by atoms with Gasteiger partial charge in [-0.25, -0.2) is 13.1 Å². The van der Waals surface area contributed by atoms with Crippen LogP contribution in [0.25, 0.3) is 0 Å². The Kier molecular flexibility index (Phi) is 7.23. The van der Waals surface area contributed by atoms with Crippen LogP contribution in [-0.4, -0.2) is 31.3 Å². The molecule has 158 valence electrons. The van der Waals surface area contributed by atoms with Gasteiger partial charge in [0.1, 0.15) is 0 Å². The van der Waals surface area contributed by atoms with Crippen LogP contribution >= 0.6 is 0 Å². The van der Waals surface area contributed by atoms with E-state index in [2.05, 4.69) is 10.0 Å². The van der Waals surface area contributed by atoms with E-state index in [1.165, 1.54) is 0 Å². The maximum absolute atomic E-state index is 12.9. The number of sulfonamides is 1. The van der Waals surface area contributed by atoms with Crippen LogP contribution < -0.4 is 10.0 Å². The van der Waals surface area contributed by atoms with E-state index in [1.54, 1.807) is 42.5 Å². The summed E-state index contributed by atoms with van der Waals surface area (Å²) in [5.74, 6) is 0. The van der Waals surface area contributed by atoms with Crippen LogP contribution in [0.1, 0.15) is 22.7 Å². The molecule has 0 fully saturated rings. The normalized spacial score (nSPS) is 13.6. The Hall–Kier alpha value is -2.71. The molecule has 0 aliphatic rings. The summed E-state index contributed by atoms with van der Waals surface area (Å²) in [7, 11) is -3.84. The molecule has 0 aliphatic carbocycles. The Morgan fingerprint density at radius 1 is 0.900 bits per heavy atom. The number of nitrogens with one attached hydrogen (secondary N) is 2. The number of benzene rings is 3. The Balaban J connectivity index is 1.93. The van der Waals surface area contributed by atoms with Gasteiger partial charge < -0.3 is 15.5 Å². The number of aryl methyl sites for hydroxylation is 1. The lowest BCUT2D eigenvalue weighted by molar-refractivity contribution is 0.244. The van der Waals surface area contributed by atoms with Crippen LogP contribution in [0, 0.1) is 6.92 Å². The second-order valence-corrected chi connectivity index (χ2v) is 8.83. The van der Waals surface area contributed by atoms with E-state index in [0.29, 0.717) is 5.69 Å². The molecule has 0 saturated heterocycles. The van der Waals surface area contributed by atoms with Crippen LogP contribution in [-0.2, 0) is 16.6 Å². The first kappa shape index (κ1) is 22.0. The summed E-state index contributed by atoms with van der Waals surface area (Å²) in [6.45, 7) is 1.38. The van der Waals surface area contributed by atoms with Crippen LogP contribution in [0.2, 0.25) is 0 Å². The Morgan fingerprint density at radius 2 is 1.60 bits per heavy atom. The van der Waals surface area contributed by atoms with Crippen molar-refractivity contribution in [1.82, 2.24) is 4.72 Å². The molecule has 0 spiro atoms. The van der Waals surface area contributed by atoms with E-state index >= 15 is 0 Å². The van der Waals surface area contributed by atoms with E-state index in [0.717, 1.165) is 16.7 Å². The van der Waals surface area contributed by atoms with E-state index in [4.69, 9.17) is 0 Å². The maximum Gasteiger partial charge on any atom is 0.240 e. The number of anilines is 1. The molecule has 0 aromatic heterocycles. The Bertz CT molecular complexity index is 1050. The lowest BCUT2D eigenvalue weighted by Gasteiger charge is -2.29. The van der Waals surface area contributed by atoms with Crippen molar-refractivity contribution in [3.63, 3.8) is 0 Å². The first-order valence-corrected chi connectivity index (χ1v) is 11.1. The second-order valence-electron chi connectivity index (χ2n) is 7.11. The van der Waals surface area contributed by atoms with E-state index < -0.39 is 28.7 Å². The molecule has 0 aliphatic heterocycles. The van der Waals surface area contributed by atoms with Crippen LogP contribution in [0.5, 0.6) is 0 Å². The molecule has 0 unspecified atom stereocenters. The molecule has 0 saturated carbocycles. The van der Waals surface area contributed by atoms with Crippen LogP contribution in [0.15, 0.2) is 83.8 Å².